The minimum atomic E-state index is -0.180. The first kappa shape index (κ1) is 20.4. The SMILES string of the molecule is CC(C)C1=C(c2c[nH]c3ccccc23)[C@@H]2[C@H](C)CC[C@@]3(C)[C@H](C)CC[C@H](O)C23CC1. The van der Waals surface area contributed by atoms with E-state index in [0.29, 0.717) is 23.7 Å². The summed E-state index contributed by atoms with van der Waals surface area (Å²) in [5.41, 5.74) is 6.08. The van der Waals surface area contributed by atoms with E-state index < -0.39 is 0 Å². The van der Waals surface area contributed by atoms with Crippen LogP contribution in [0.1, 0.15) is 78.7 Å². The molecule has 5 rings (SSSR count). The number of hydrogen-bond acceptors (Lipinski definition) is 1. The third-order valence-corrected chi connectivity index (χ3v) is 9.90. The predicted octanol–water partition coefficient (Wildman–Crippen LogP) is 7.20. The van der Waals surface area contributed by atoms with E-state index in [1.54, 1.807) is 11.1 Å². The van der Waals surface area contributed by atoms with Gasteiger partial charge in [0.1, 0.15) is 0 Å². The molecule has 2 fully saturated rings. The van der Waals surface area contributed by atoms with Crippen LogP contribution in [0.3, 0.4) is 0 Å². The number of H-pyrrole nitrogens is 1. The number of hydrogen-bond donors (Lipinski definition) is 2. The van der Waals surface area contributed by atoms with Gasteiger partial charge in [0.15, 0.2) is 0 Å². The van der Waals surface area contributed by atoms with Crippen molar-refractivity contribution in [3.63, 3.8) is 0 Å². The summed E-state index contributed by atoms with van der Waals surface area (Å²) in [5, 5.41) is 13.1. The molecule has 2 aromatic rings. The van der Waals surface area contributed by atoms with Crippen molar-refractivity contribution in [2.75, 3.05) is 0 Å². The van der Waals surface area contributed by atoms with Crippen LogP contribution in [0, 0.1) is 34.5 Å². The minimum absolute atomic E-state index is 0.00836. The third-order valence-electron chi connectivity index (χ3n) is 9.90. The van der Waals surface area contributed by atoms with Crippen LogP contribution >= 0.6 is 0 Å². The van der Waals surface area contributed by atoms with E-state index in [4.69, 9.17) is 0 Å². The standard InChI is InChI=1S/C28H39NO/c1-17(2)20-13-15-28-24(30)11-10-19(4)27(28,5)14-12-18(3)26(28)25(20)22-16-29-23-9-7-6-8-21(22)23/h6-9,16-19,24,26,29-30H,10-15H2,1-5H3/t18-,19-,24+,26+,27+,28?/m1/s1. The van der Waals surface area contributed by atoms with Crippen molar-refractivity contribution in [2.45, 2.75) is 79.2 Å². The van der Waals surface area contributed by atoms with E-state index in [2.05, 4.69) is 70.1 Å². The molecule has 2 N–H and O–H groups in total. The van der Waals surface area contributed by atoms with Crippen molar-refractivity contribution in [3.8, 4) is 0 Å². The first-order valence-corrected chi connectivity index (χ1v) is 12.3. The average molecular weight is 406 g/mol. The molecular weight excluding hydrogens is 366 g/mol. The number of fused-ring (bicyclic) bond motifs is 1. The number of para-hydroxylation sites is 1. The van der Waals surface area contributed by atoms with Crippen LogP contribution in [0.25, 0.3) is 16.5 Å². The lowest BCUT2D eigenvalue weighted by molar-refractivity contribution is -0.195. The molecule has 2 saturated carbocycles. The van der Waals surface area contributed by atoms with Crippen molar-refractivity contribution in [1.29, 1.82) is 0 Å². The minimum Gasteiger partial charge on any atom is -0.393 e. The Morgan fingerprint density at radius 2 is 1.83 bits per heavy atom. The van der Waals surface area contributed by atoms with Crippen LogP contribution in [0.15, 0.2) is 36.0 Å². The quantitative estimate of drug-likeness (QED) is 0.544. The summed E-state index contributed by atoms with van der Waals surface area (Å²) in [5.74, 6) is 2.28. The van der Waals surface area contributed by atoms with Crippen LogP contribution in [0.2, 0.25) is 0 Å². The normalized spacial score (nSPS) is 39.3. The Hall–Kier alpha value is -1.54. The Morgan fingerprint density at radius 1 is 1.07 bits per heavy atom. The number of rotatable bonds is 2. The molecule has 3 aliphatic rings. The molecule has 0 saturated heterocycles. The summed E-state index contributed by atoms with van der Waals surface area (Å²) < 4.78 is 0. The van der Waals surface area contributed by atoms with Crippen molar-refractivity contribution >= 4 is 16.5 Å². The first-order valence-electron chi connectivity index (χ1n) is 12.3. The van der Waals surface area contributed by atoms with Crippen molar-refractivity contribution in [2.24, 2.45) is 34.5 Å². The molecule has 6 atom stereocenters. The average Bonchev–Trinajstić information content (AvgIpc) is 3.16. The summed E-state index contributed by atoms with van der Waals surface area (Å²) >= 11 is 0. The maximum atomic E-state index is 11.7. The van der Waals surface area contributed by atoms with Gasteiger partial charge in [-0.2, -0.15) is 0 Å². The van der Waals surface area contributed by atoms with Gasteiger partial charge in [-0.05, 0) is 79.3 Å². The largest absolute Gasteiger partial charge is 0.393 e. The second-order valence-electron chi connectivity index (χ2n) is 11.3. The number of allylic oxidation sites excluding steroid dienone is 2. The Bertz CT molecular complexity index is 983. The summed E-state index contributed by atoms with van der Waals surface area (Å²) in [6, 6.07) is 8.76. The fourth-order valence-electron chi connectivity index (χ4n) is 8.13. The van der Waals surface area contributed by atoms with Crippen LogP contribution in [0.4, 0.5) is 0 Å². The second-order valence-corrected chi connectivity index (χ2v) is 11.3. The molecule has 1 aromatic carbocycles. The Balaban J connectivity index is 1.79. The van der Waals surface area contributed by atoms with Gasteiger partial charge in [0, 0.05) is 28.1 Å². The van der Waals surface area contributed by atoms with E-state index in [1.165, 1.54) is 35.7 Å². The zero-order valence-electron chi connectivity index (χ0n) is 19.5. The summed E-state index contributed by atoms with van der Waals surface area (Å²) in [7, 11) is 0. The number of aliphatic hydroxyl groups is 1. The van der Waals surface area contributed by atoms with Crippen LogP contribution in [0.5, 0.6) is 0 Å². The molecule has 2 nitrogen and oxygen atoms in total. The number of aromatic nitrogens is 1. The highest BCUT2D eigenvalue weighted by Gasteiger charge is 2.65. The molecule has 30 heavy (non-hydrogen) atoms. The molecule has 1 spiro atoms. The zero-order chi connectivity index (χ0) is 21.3. The molecule has 1 aromatic heterocycles. The van der Waals surface area contributed by atoms with E-state index in [0.717, 1.165) is 19.3 Å². The van der Waals surface area contributed by atoms with E-state index in [9.17, 15) is 5.11 Å². The van der Waals surface area contributed by atoms with Crippen LogP contribution in [-0.2, 0) is 0 Å². The molecule has 0 radical (unpaired) electrons. The van der Waals surface area contributed by atoms with Gasteiger partial charge in [0.2, 0.25) is 0 Å². The van der Waals surface area contributed by atoms with Crippen LogP contribution < -0.4 is 0 Å². The molecule has 3 aliphatic carbocycles. The van der Waals surface area contributed by atoms with Gasteiger partial charge in [0.05, 0.1) is 6.10 Å². The maximum absolute atomic E-state index is 11.7. The summed E-state index contributed by atoms with van der Waals surface area (Å²) in [4.78, 5) is 3.56. The third kappa shape index (κ3) is 2.52. The van der Waals surface area contributed by atoms with Crippen molar-refractivity contribution < 1.29 is 5.11 Å². The summed E-state index contributed by atoms with van der Waals surface area (Å²) in [6.07, 6.45) is 9.05. The maximum Gasteiger partial charge on any atom is 0.0607 e. The highest BCUT2D eigenvalue weighted by atomic mass is 16.3. The Morgan fingerprint density at radius 3 is 2.60 bits per heavy atom. The molecule has 0 aliphatic heterocycles. The first-order chi connectivity index (χ1) is 14.3. The van der Waals surface area contributed by atoms with Crippen LogP contribution in [-0.4, -0.2) is 16.2 Å². The fourth-order valence-corrected chi connectivity index (χ4v) is 8.13. The summed E-state index contributed by atoms with van der Waals surface area (Å²) in [6.45, 7) is 12.2. The molecule has 1 unspecified atom stereocenters. The van der Waals surface area contributed by atoms with Gasteiger partial charge in [-0.3, -0.25) is 0 Å². The molecule has 2 heteroatoms. The van der Waals surface area contributed by atoms with Gasteiger partial charge >= 0.3 is 0 Å². The highest BCUT2D eigenvalue weighted by Crippen LogP contribution is 2.71. The smallest absolute Gasteiger partial charge is 0.0607 e. The number of nitrogens with one attached hydrogen (secondary N) is 1. The Kier molecular flexibility index (Phi) is 4.74. The molecule has 1 heterocycles. The van der Waals surface area contributed by atoms with Gasteiger partial charge < -0.3 is 10.1 Å². The van der Waals surface area contributed by atoms with E-state index in [-0.39, 0.29) is 16.9 Å². The predicted molar refractivity (Wildman–Crippen MR) is 126 cm³/mol. The van der Waals surface area contributed by atoms with E-state index >= 15 is 0 Å². The van der Waals surface area contributed by atoms with Gasteiger partial charge in [-0.15, -0.1) is 0 Å². The second kappa shape index (κ2) is 6.99. The van der Waals surface area contributed by atoms with Crippen molar-refractivity contribution in [3.05, 3.63) is 41.6 Å². The van der Waals surface area contributed by atoms with Gasteiger partial charge in [-0.25, -0.2) is 0 Å². The lowest BCUT2D eigenvalue weighted by Gasteiger charge is -2.67. The lowest BCUT2D eigenvalue weighted by Crippen LogP contribution is -2.63. The molecule has 0 bridgehead atoms. The highest BCUT2D eigenvalue weighted by molar-refractivity contribution is 5.94. The van der Waals surface area contributed by atoms with Crippen molar-refractivity contribution in [1.82, 2.24) is 4.98 Å². The lowest BCUT2D eigenvalue weighted by atomic mass is 9.37. The van der Waals surface area contributed by atoms with Gasteiger partial charge in [0.25, 0.3) is 0 Å². The van der Waals surface area contributed by atoms with E-state index in [1.807, 2.05) is 0 Å². The number of aliphatic hydroxyl groups excluding tert-OH is 1. The Labute approximate surface area is 182 Å². The fraction of sp³-hybridized carbons (Fsp3) is 0.643. The topological polar surface area (TPSA) is 36.0 Å². The van der Waals surface area contributed by atoms with Gasteiger partial charge in [-0.1, -0.05) is 58.4 Å². The molecule has 162 valence electrons. The molecular formula is C28H39NO. The number of benzene rings is 1. The monoisotopic (exact) mass is 405 g/mol. The zero-order valence-corrected chi connectivity index (χ0v) is 19.5. The molecule has 0 amide bonds. The number of aromatic amines is 1.